The molecular formula is C8H10N2O3S. The fraction of sp³-hybridized carbons (Fsp3) is 0.625. The highest BCUT2D eigenvalue weighted by atomic mass is 32.2. The standard InChI is InChI=1S/C8H10N2O3S/c1-2-4-7(12)10-5(6(11)9-4)3-14-8(10)13/h4-5H,2-3H2,1H3,(H,9,11). The van der Waals surface area contributed by atoms with Crippen LogP contribution in [0.5, 0.6) is 0 Å². The molecule has 2 heterocycles. The summed E-state index contributed by atoms with van der Waals surface area (Å²) >= 11 is 1.03. The van der Waals surface area contributed by atoms with E-state index in [0.29, 0.717) is 12.2 Å². The Kier molecular flexibility index (Phi) is 2.22. The molecule has 2 unspecified atom stereocenters. The van der Waals surface area contributed by atoms with E-state index in [9.17, 15) is 14.4 Å². The Morgan fingerprint density at radius 1 is 1.50 bits per heavy atom. The first kappa shape index (κ1) is 9.51. The van der Waals surface area contributed by atoms with Gasteiger partial charge in [-0.1, -0.05) is 18.7 Å². The van der Waals surface area contributed by atoms with E-state index in [4.69, 9.17) is 0 Å². The van der Waals surface area contributed by atoms with Crippen LogP contribution in [0.1, 0.15) is 13.3 Å². The van der Waals surface area contributed by atoms with E-state index in [0.717, 1.165) is 16.7 Å². The Morgan fingerprint density at radius 2 is 2.21 bits per heavy atom. The quantitative estimate of drug-likeness (QED) is 0.665. The molecule has 0 bridgehead atoms. The van der Waals surface area contributed by atoms with Gasteiger partial charge in [-0.3, -0.25) is 19.3 Å². The summed E-state index contributed by atoms with van der Waals surface area (Å²) in [6, 6.07) is -1.11. The fourth-order valence-electron chi connectivity index (χ4n) is 1.63. The van der Waals surface area contributed by atoms with E-state index < -0.39 is 12.1 Å². The van der Waals surface area contributed by atoms with Gasteiger partial charge in [0.15, 0.2) is 0 Å². The van der Waals surface area contributed by atoms with E-state index in [1.165, 1.54) is 0 Å². The third-order valence-corrected chi connectivity index (χ3v) is 3.36. The molecular weight excluding hydrogens is 204 g/mol. The van der Waals surface area contributed by atoms with Crippen LogP contribution in [-0.4, -0.2) is 39.8 Å². The number of thioether (sulfide) groups is 1. The highest BCUT2D eigenvalue weighted by molar-refractivity contribution is 8.14. The van der Waals surface area contributed by atoms with Crippen LogP contribution in [0.4, 0.5) is 4.79 Å². The molecule has 1 N–H and O–H groups in total. The normalized spacial score (nSPS) is 31.8. The molecule has 2 aliphatic heterocycles. The van der Waals surface area contributed by atoms with Gasteiger partial charge in [0, 0.05) is 5.75 Å². The second-order valence-corrected chi connectivity index (χ2v) is 4.24. The smallest absolute Gasteiger partial charge is 0.289 e. The molecule has 0 aliphatic carbocycles. The van der Waals surface area contributed by atoms with Gasteiger partial charge in [0.05, 0.1) is 0 Å². The van der Waals surface area contributed by atoms with Gasteiger partial charge < -0.3 is 5.32 Å². The summed E-state index contributed by atoms with van der Waals surface area (Å²) in [5.41, 5.74) is 0. The summed E-state index contributed by atoms with van der Waals surface area (Å²) in [7, 11) is 0. The molecule has 5 nitrogen and oxygen atoms in total. The minimum atomic E-state index is -0.581. The summed E-state index contributed by atoms with van der Waals surface area (Å²) < 4.78 is 0. The van der Waals surface area contributed by atoms with Crippen molar-refractivity contribution < 1.29 is 14.4 Å². The topological polar surface area (TPSA) is 66.5 Å². The largest absolute Gasteiger partial charge is 0.342 e. The van der Waals surface area contributed by atoms with Crippen molar-refractivity contribution in [2.75, 3.05) is 5.75 Å². The molecule has 76 valence electrons. The first-order valence-corrected chi connectivity index (χ1v) is 5.44. The summed E-state index contributed by atoms with van der Waals surface area (Å²) in [4.78, 5) is 35.5. The number of carbonyl (C=O) groups excluding carboxylic acids is 3. The first-order valence-electron chi connectivity index (χ1n) is 4.45. The van der Waals surface area contributed by atoms with Crippen molar-refractivity contribution in [3.63, 3.8) is 0 Å². The summed E-state index contributed by atoms with van der Waals surface area (Å²) in [6.45, 7) is 1.80. The zero-order valence-electron chi connectivity index (χ0n) is 7.65. The van der Waals surface area contributed by atoms with Crippen molar-refractivity contribution in [3.05, 3.63) is 0 Å². The molecule has 2 aliphatic rings. The van der Waals surface area contributed by atoms with Crippen molar-refractivity contribution in [1.82, 2.24) is 10.2 Å². The summed E-state index contributed by atoms with van der Waals surface area (Å²) in [5.74, 6) is -0.103. The molecule has 0 aromatic carbocycles. The molecule has 0 radical (unpaired) electrons. The number of nitrogens with one attached hydrogen (secondary N) is 1. The van der Waals surface area contributed by atoms with Crippen molar-refractivity contribution >= 4 is 28.8 Å². The van der Waals surface area contributed by atoms with E-state index in [1.54, 1.807) is 6.92 Å². The van der Waals surface area contributed by atoms with Crippen LogP contribution in [0.15, 0.2) is 0 Å². The maximum Gasteiger partial charge on any atom is 0.289 e. The Labute approximate surface area is 85.2 Å². The van der Waals surface area contributed by atoms with Crippen LogP contribution in [0.3, 0.4) is 0 Å². The second-order valence-electron chi connectivity index (χ2n) is 3.27. The second kappa shape index (κ2) is 3.27. The first-order chi connectivity index (χ1) is 6.65. The van der Waals surface area contributed by atoms with Crippen LogP contribution >= 0.6 is 11.8 Å². The minimum Gasteiger partial charge on any atom is -0.342 e. The number of amides is 3. The number of fused-ring (bicyclic) bond motifs is 1. The van der Waals surface area contributed by atoms with Gasteiger partial charge in [0.2, 0.25) is 5.91 Å². The third kappa shape index (κ3) is 1.21. The highest BCUT2D eigenvalue weighted by Crippen LogP contribution is 2.27. The van der Waals surface area contributed by atoms with Crippen molar-refractivity contribution in [2.24, 2.45) is 0 Å². The molecule has 6 heteroatoms. The molecule has 2 saturated heterocycles. The number of carbonyl (C=O) groups is 3. The number of imide groups is 1. The lowest BCUT2D eigenvalue weighted by Gasteiger charge is -2.31. The predicted molar refractivity (Wildman–Crippen MR) is 50.7 cm³/mol. The molecule has 2 atom stereocenters. The maximum absolute atomic E-state index is 11.7. The lowest BCUT2D eigenvalue weighted by atomic mass is 10.1. The highest BCUT2D eigenvalue weighted by Gasteiger charge is 2.47. The number of rotatable bonds is 1. The summed E-state index contributed by atoms with van der Waals surface area (Å²) in [6.07, 6.45) is 0.520. The molecule has 3 amide bonds. The van der Waals surface area contributed by atoms with Gasteiger partial charge in [0.1, 0.15) is 12.1 Å². The van der Waals surface area contributed by atoms with E-state index >= 15 is 0 Å². The van der Waals surface area contributed by atoms with E-state index in [2.05, 4.69) is 5.32 Å². The van der Waals surface area contributed by atoms with E-state index in [1.807, 2.05) is 0 Å². The molecule has 0 aromatic heterocycles. The maximum atomic E-state index is 11.7. The average molecular weight is 214 g/mol. The van der Waals surface area contributed by atoms with Crippen LogP contribution in [0.25, 0.3) is 0 Å². The van der Waals surface area contributed by atoms with Crippen LogP contribution in [-0.2, 0) is 9.59 Å². The van der Waals surface area contributed by atoms with Crippen LogP contribution in [0, 0.1) is 0 Å². The fourth-order valence-corrected chi connectivity index (χ4v) is 2.59. The van der Waals surface area contributed by atoms with Crippen LogP contribution < -0.4 is 5.32 Å². The van der Waals surface area contributed by atoms with Crippen molar-refractivity contribution in [1.29, 1.82) is 0 Å². The lowest BCUT2D eigenvalue weighted by molar-refractivity contribution is -0.144. The SMILES string of the molecule is CCC1NC(=O)C2CSC(=O)N2C1=O. The Bertz CT molecular complexity index is 318. The Hall–Kier alpha value is -1.04. The predicted octanol–water partition coefficient (Wildman–Crippen LogP) is -0.0412. The lowest BCUT2D eigenvalue weighted by Crippen LogP contribution is -2.62. The molecule has 0 saturated carbocycles. The van der Waals surface area contributed by atoms with Gasteiger partial charge in [-0.2, -0.15) is 0 Å². The number of hydrogen-bond acceptors (Lipinski definition) is 4. The zero-order valence-corrected chi connectivity index (χ0v) is 8.47. The number of nitrogens with zero attached hydrogens (tertiary/aromatic N) is 1. The molecule has 0 aromatic rings. The van der Waals surface area contributed by atoms with Gasteiger partial charge in [-0.05, 0) is 6.42 Å². The average Bonchev–Trinajstić information content (AvgIpc) is 2.54. The number of piperazine rings is 1. The van der Waals surface area contributed by atoms with Gasteiger partial charge in [0.25, 0.3) is 11.1 Å². The number of hydrogen-bond donors (Lipinski definition) is 1. The Morgan fingerprint density at radius 3 is 2.86 bits per heavy atom. The van der Waals surface area contributed by atoms with Gasteiger partial charge >= 0.3 is 0 Å². The molecule has 2 rings (SSSR count). The Balaban J connectivity index is 2.28. The van der Waals surface area contributed by atoms with Crippen molar-refractivity contribution in [2.45, 2.75) is 25.4 Å². The minimum absolute atomic E-state index is 0.213. The summed E-state index contributed by atoms with van der Waals surface area (Å²) in [5, 5.41) is 2.31. The molecule has 0 spiro atoms. The third-order valence-electron chi connectivity index (χ3n) is 2.44. The van der Waals surface area contributed by atoms with Crippen molar-refractivity contribution in [3.8, 4) is 0 Å². The zero-order chi connectivity index (χ0) is 10.3. The molecule has 2 fully saturated rings. The van der Waals surface area contributed by atoms with Crippen LogP contribution in [0.2, 0.25) is 0 Å². The molecule has 14 heavy (non-hydrogen) atoms. The van der Waals surface area contributed by atoms with Gasteiger partial charge in [-0.15, -0.1) is 0 Å². The monoisotopic (exact) mass is 214 g/mol. The van der Waals surface area contributed by atoms with Gasteiger partial charge in [-0.25, -0.2) is 0 Å². The van der Waals surface area contributed by atoms with E-state index in [-0.39, 0.29) is 17.1 Å².